The maximum Gasteiger partial charge on any atom is 0.275 e. The smallest absolute Gasteiger partial charge is 0.275 e. The van der Waals surface area contributed by atoms with E-state index in [4.69, 9.17) is 14.2 Å². The van der Waals surface area contributed by atoms with Crippen molar-refractivity contribution in [2.75, 3.05) is 34.1 Å². The van der Waals surface area contributed by atoms with Gasteiger partial charge in [-0.05, 0) is 43.7 Å². The van der Waals surface area contributed by atoms with E-state index in [1.54, 1.807) is 29.1 Å². The van der Waals surface area contributed by atoms with Gasteiger partial charge in [-0.25, -0.2) is 14.7 Å². The molecule has 1 aliphatic heterocycles. The van der Waals surface area contributed by atoms with Crippen LogP contribution in [0.2, 0.25) is 0 Å². The molecule has 1 saturated heterocycles. The van der Waals surface area contributed by atoms with Crippen LogP contribution in [0.5, 0.6) is 11.5 Å². The number of ether oxygens (including phenoxy) is 3. The van der Waals surface area contributed by atoms with Crippen LogP contribution in [0.25, 0.3) is 5.69 Å². The van der Waals surface area contributed by atoms with Gasteiger partial charge in [-0.3, -0.25) is 9.59 Å². The molecular formula is C24H26N4O5. The summed E-state index contributed by atoms with van der Waals surface area (Å²) < 4.78 is 17.5. The standard InChI is InChI=1S/C24H26N4O5/c1-17-20(15-25-28(17)19-8-5-4-6-9-19)24(30)27-13-7-12-26(27)23(29)18-10-11-21(33-16-31-2)22(14-18)32-3/h4-6,8-11,14-15H,7,12-13,16H2,1-3H3. The lowest BCUT2D eigenvalue weighted by Crippen LogP contribution is -2.45. The molecule has 172 valence electrons. The van der Waals surface area contributed by atoms with Crippen LogP contribution < -0.4 is 9.47 Å². The molecule has 0 radical (unpaired) electrons. The number of amides is 2. The zero-order chi connectivity index (χ0) is 23.4. The normalized spacial score (nSPS) is 13.3. The fourth-order valence-corrected chi connectivity index (χ4v) is 3.81. The Morgan fingerprint density at radius 2 is 1.70 bits per heavy atom. The van der Waals surface area contributed by atoms with Gasteiger partial charge in [-0.1, -0.05) is 18.2 Å². The molecule has 3 aromatic rings. The van der Waals surface area contributed by atoms with Crippen LogP contribution in [-0.2, 0) is 4.74 Å². The van der Waals surface area contributed by atoms with Crippen molar-refractivity contribution in [2.45, 2.75) is 13.3 Å². The summed E-state index contributed by atoms with van der Waals surface area (Å²) in [7, 11) is 3.02. The number of hydrazine groups is 1. The molecule has 1 aliphatic rings. The molecule has 2 heterocycles. The third-order valence-electron chi connectivity index (χ3n) is 5.48. The second kappa shape index (κ2) is 9.74. The average molecular weight is 450 g/mol. The third-order valence-corrected chi connectivity index (χ3v) is 5.48. The van der Waals surface area contributed by atoms with E-state index in [1.165, 1.54) is 24.2 Å². The van der Waals surface area contributed by atoms with Crippen molar-refractivity contribution < 1.29 is 23.8 Å². The zero-order valence-electron chi connectivity index (χ0n) is 18.9. The molecule has 2 aromatic carbocycles. The lowest BCUT2D eigenvalue weighted by Gasteiger charge is -2.28. The Bertz CT molecular complexity index is 1150. The maximum absolute atomic E-state index is 13.4. The number of methoxy groups -OCH3 is 2. The molecule has 33 heavy (non-hydrogen) atoms. The SMILES string of the molecule is COCOc1ccc(C(=O)N2CCCN2C(=O)c2cnn(-c3ccccc3)c2C)cc1OC. The molecule has 0 unspecified atom stereocenters. The number of aromatic nitrogens is 2. The molecule has 0 N–H and O–H groups in total. The first-order chi connectivity index (χ1) is 16.0. The second-order valence-corrected chi connectivity index (χ2v) is 7.52. The number of rotatable bonds is 7. The molecule has 9 heteroatoms. The van der Waals surface area contributed by atoms with Crippen molar-refractivity contribution >= 4 is 11.8 Å². The molecule has 0 atom stereocenters. The number of hydrogen-bond donors (Lipinski definition) is 0. The van der Waals surface area contributed by atoms with E-state index in [-0.39, 0.29) is 18.6 Å². The van der Waals surface area contributed by atoms with Gasteiger partial charge in [0.2, 0.25) is 0 Å². The molecule has 1 aromatic heterocycles. The topological polar surface area (TPSA) is 86.1 Å². The first-order valence-electron chi connectivity index (χ1n) is 10.6. The van der Waals surface area contributed by atoms with E-state index in [2.05, 4.69) is 5.10 Å². The highest BCUT2D eigenvalue weighted by Gasteiger charge is 2.33. The molecule has 1 fully saturated rings. The van der Waals surface area contributed by atoms with Gasteiger partial charge in [0.1, 0.15) is 0 Å². The molecule has 0 spiro atoms. The van der Waals surface area contributed by atoms with Gasteiger partial charge in [0.15, 0.2) is 18.3 Å². The van der Waals surface area contributed by atoms with Crippen LogP contribution in [0.3, 0.4) is 0 Å². The highest BCUT2D eigenvalue weighted by atomic mass is 16.7. The van der Waals surface area contributed by atoms with Crippen LogP contribution in [-0.4, -0.2) is 65.7 Å². The summed E-state index contributed by atoms with van der Waals surface area (Å²) in [4.78, 5) is 26.7. The van der Waals surface area contributed by atoms with Crippen molar-refractivity contribution in [1.82, 2.24) is 19.8 Å². The number of benzene rings is 2. The van der Waals surface area contributed by atoms with Crippen molar-refractivity contribution in [3.05, 3.63) is 71.5 Å². The fourth-order valence-electron chi connectivity index (χ4n) is 3.81. The molecule has 9 nitrogen and oxygen atoms in total. The Balaban J connectivity index is 1.56. The van der Waals surface area contributed by atoms with Crippen molar-refractivity contribution in [2.24, 2.45) is 0 Å². The van der Waals surface area contributed by atoms with E-state index in [9.17, 15) is 9.59 Å². The van der Waals surface area contributed by atoms with Crippen LogP contribution in [0.15, 0.2) is 54.7 Å². The van der Waals surface area contributed by atoms with Crippen molar-refractivity contribution in [1.29, 1.82) is 0 Å². The minimum absolute atomic E-state index is 0.0636. The summed E-state index contributed by atoms with van der Waals surface area (Å²) >= 11 is 0. The van der Waals surface area contributed by atoms with Crippen molar-refractivity contribution in [3.8, 4) is 17.2 Å². The van der Waals surface area contributed by atoms with E-state index in [1.807, 2.05) is 37.3 Å². The maximum atomic E-state index is 13.4. The molecule has 0 bridgehead atoms. The largest absolute Gasteiger partial charge is 0.493 e. The molecule has 0 aliphatic carbocycles. The first-order valence-corrected chi connectivity index (χ1v) is 10.6. The summed E-state index contributed by atoms with van der Waals surface area (Å²) in [6.45, 7) is 2.81. The minimum atomic E-state index is -0.287. The summed E-state index contributed by atoms with van der Waals surface area (Å²) in [5, 5.41) is 7.36. The lowest BCUT2D eigenvalue weighted by molar-refractivity contribution is 0.0185. The Morgan fingerprint density at radius 3 is 2.39 bits per heavy atom. The van der Waals surface area contributed by atoms with E-state index < -0.39 is 0 Å². The molecule has 0 saturated carbocycles. The van der Waals surface area contributed by atoms with Crippen LogP contribution in [0.1, 0.15) is 32.8 Å². The van der Waals surface area contributed by atoms with Crippen LogP contribution in [0, 0.1) is 6.92 Å². The second-order valence-electron chi connectivity index (χ2n) is 7.52. The van der Waals surface area contributed by atoms with Gasteiger partial charge >= 0.3 is 0 Å². The van der Waals surface area contributed by atoms with Gasteiger partial charge in [-0.2, -0.15) is 5.10 Å². The molecular weight excluding hydrogens is 424 g/mol. The predicted octanol–water partition coefficient (Wildman–Crippen LogP) is 3.08. The molecule has 4 rings (SSSR count). The average Bonchev–Trinajstić information content (AvgIpc) is 3.49. The highest BCUT2D eigenvalue weighted by molar-refractivity contribution is 6.00. The van der Waals surface area contributed by atoms with Gasteiger partial charge < -0.3 is 14.2 Å². The van der Waals surface area contributed by atoms with Gasteiger partial charge in [0, 0.05) is 25.8 Å². The number of hydrogen-bond acceptors (Lipinski definition) is 6. The zero-order valence-corrected chi connectivity index (χ0v) is 18.9. The number of para-hydroxylation sites is 1. The number of nitrogens with zero attached hydrogens (tertiary/aromatic N) is 4. The highest BCUT2D eigenvalue weighted by Crippen LogP contribution is 2.29. The Labute approximate surface area is 192 Å². The summed E-state index contributed by atoms with van der Waals surface area (Å²) in [6.07, 6.45) is 2.24. The van der Waals surface area contributed by atoms with Crippen LogP contribution >= 0.6 is 0 Å². The summed E-state index contributed by atoms with van der Waals surface area (Å²) in [5.41, 5.74) is 2.44. The number of carbonyl (C=O) groups excluding carboxylic acids is 2. The minimum Gasteiger partial charge on any atom is -0.493 e. The Morgan fingerprint density at radius 1 is 0.970 bits per heavy atom. The van der Waals surface area contributed by atoms with E-state index >= 15 is 0 Å². The summed E-state index contributed by atoms with van der Waals surface area (Å²) in [6, 6.07) is 14.5. The van der Waals surface area contributed by atoms with E-state index in [0.717, 1.165) is 5.69 Å². The van der Waals surface area contributed by atoms with Crippen molar-refractivity contribution in [3.63, 3.8) is 0 Å². The Kier molecular flexibility index (Phi) is 6.60. The van der Waals surface area contributed by atoms with E-state index in [0.29, 0.717) is 47.8 Å². The quantitative estimate of drug-likeness (QED) is 0.514. The third kappa shape index (κ3) is 4.40. The number of carbonyl (C=O) groups is 2. The monoisotopic (exact) mass is 450 g/mol. The van der Waals surface area contributed by atoms with Gasteiger partial charge in [0.05, 0.1) is 30.3 Å². The summed E-state index contributed by atoms with van der Waals surface area (Å²) in [5.74, 6) is 0.335. The fraction of sp³-hybridized carbons (Fsp3) is 0.292. The van der Waals surface area contributed by atoms with Gasteiger partial charge in [0.25, 0.3) is 11.8 Å². The predicted molar refractivity (Wildman–Crippen MR) is 120 cm³/mol. The van der Waals surface area contributed by atoms with Gasteiger partial charge in [-0.15, -0.1) is 0 Å². The first kappa shape index (κ1) is 22.3. The molecule has 2 amide bonds. The Hall–Kier alpha value is -3.85. The lowest BCUT2D eigenvalue weighted by atomic mass is 10.2. The van der Waals surface area contributed by atoms with Crippen LogP contribution in [0.4, 0.5) is 0 Å².